The molecule has 1 saturated heterocycles. The minimum absolute atomic E-state index is 0.0420. The molecule has 122 valence electrons. The molecular formula is C17H15N3O4. The van der Waals surface area contributed by atoms with E-state index >= 15 is 0 Å². The van der Waals surface area contributed by atoms with Crippen molar-refractivity contribution in [2.45, 2.75) is 13.8 Å². The number of carbonyl (C=O) groups excluding carboxylic acids is 4. The molecule has 0 spiro atoms. The monoisotopic (exact) mass is 325 g/mol. The third kappa shape index (κ3) is 2.94. The minimum Gasteiger partial charge on any atom is -0.299 e. The zero-order chi connectivity index (χ0) is 17.9. The Hall–Kier alpha value is -3.27. The van der Waals surface area contributed by atoms with Gasteiger partial charge in [0, 0.05) is 6.54 Å². The number of nitrogens with zero attached hydrogens (tertiary/aromatic N) is 3. The standard InChI is InChI=1S/C17H15N3O4/c1-3-4-8-19-15(22)14(11(2)21)16(23)20(17(19)24)13-7-5-6-12(9-13)10-18/h3-7,9,14H,8H2,1-2H3. The number of allylic oxidation sites excluding steroid dienone is 1. The average Bonchev–Trinajstić information content (AvgIpc) is 2.54. The van der Waals surface area contributed by atoms with Gasteiger partial charge in [-0.15, -0.1) is 0 Å². The van der Waals surface area contributed by atoms with Gasteiger partial charge in [-0.3, -0.25) is 19.3 Å². The quantitative estimate of drug-likeness (QED) is 0.619. The van der Waals surface area contributed by atoms with Crippen LogP contribution in [0.15, 0.2) is 36.4 Å². The highest BCUT2D eigenvalue weighted by Gasteiger charge is 2.48. The summed E-state index contributed by atoms with van der Waals surface area (Å²) in [7, 11) is 0. The zero-order valence-electron chi connectivity index (χ0n) is 13.2. The summed E-state index contributed by atoms with van der Waals surface area (Å²) in [6.07, 6.45) is 3.23. The number of nitriles is 1. The Labute approximate surface area is 138 Å². The first-order chi connectivity index (χ1) is 11.4. The van der Waals surface area contributed by atoms with E-state index in [4.69, 9.17) is 5.26 Å². The number of anilines is 1. The molecule has 0 N–H and O–H groups in total. The Bertz CT molecular complexity index is 791. The van der Waals surface area contributed by atoms with Gasteiger partial charge < -0.3 is 0 Å². The van der Waals surface area contributed by atoms with E-state index in [9.17, 15) is 19.2 Å². The van der Waals surface area contributed by atoms with Crippen LogP contribution < -0.4 is 4.90 Å². The minimum atomic E-state index is -1.56. The lowest BCUT2D eigenvalue weighted by Gasteiger charge is -2.35. The summed E-state index contributed by atoms with van der Waals surface area (Å²) in [5, 5.41) is 8.98. The van der Waals surface area contributed by atoms with Gasteiger partial charge >= 0.3 is 6.03 Å². The van der Waals surface area contributed by atoms with Crippen molar-refractivity contribution in [2.75, 3.05) is 11.4 Å². The lowest BCUT2D eigenvalue weighted by molar-refractivity contribution is -0.145. The van der Waals surface area contributed by atoms with E-state index < -0.39 is 29.5 Å². The van der Waals surface area contributed by atoms with Crippen molar-refractivity contribution >= 4 is 29.3 Å². The van der Waals surface area contributed by atoms with Crippen LogP contribution in [0.5, 0.6) is 0 Å². The van der Waals surface area contributed by atoms with Crippen molar-refractivity contribution in [3.8, 4) is 6.07 Å². The summed E-state index contributed by atoms with van der Waals surface area (Å²) in [6.45, 7) is 2.81. The second-order valence-electron chi connectivity index (χ2n) is 5.18. The molecule has 7 nitrogen and oxygen atoms in total. The zero-order valence-corrected chi connectivity index (χ0v) is 13.2. The Balaban J connectivity index is 2.53. The van der Waals surface area contributed by atoms with Gasteiger partial charge in [0.05, 0.1) is 17.3 Å². The maximum absolute atomic E-state index is 12.6. The van der Waals surface area contributed by atoms with Crippen LogP contribution in [-0.2, 0) is 14.4 Å². The second kappa shape index (κ2) is 6.87. The van der Waals surface area contributed by atoms with Crippen molar-refractivity contribution in [2.24, 2.45) is 5.92 Å². The number of hydrogen-bond acceptors (Lipinski definition) is 5. The van der Waals surface area contributed by atoms with Crippen LogP contribution in [0, 0.1) is 17.2 Å². The number of barbiturate groups is 1. The number of ketones is 1. The Morgan fingerprint density at radius 2 is 2.00 bits per heavy atom. The van der Waals surface area contributed by atoms with Crippen molar-refractivity contribution in [3.63, 3.8) is 0 Å². The third-order valence-electron chi connectivity index (χ3n) is 3.57. The Morgan fingerprint density at radius 3 is 2.58 bits per heavy atom. The molecule has 0 saturated carbocycles. The van der Waals surface area contributed by atoms with Gasteiger partial charge in [0.2, 0.25) is 0 Å². The van der Waals surface area contributed by atoms with E-state index in [-0.39, 0.29) is 17.8 Å². The summed E-state index contributed by atoms with van der Waals surface area (Å²) in [6, 6.07) is 6.95. The fraction of sp³-hybridized carbons (Fsp3) is 0.235. The average molecular weight is 325 g/mol. The van der Waals surface area contributed by atoms with E-state index in [0.29, 0.717) is 0 Å². The molecular weight excluding hydrogens is 310 g/mol. The van der Waals surface area contributed by atoms with Crippen LogP contribution in [0.4, 0.5) is 10.5 Å². The predicted octanol–water partition coefficient (Wildman–Crippen LogP) is 1.63. The topological polar surface area (TPSA) is 98.6 Å². The molecule has 2 rings (SSSR count). The fourth-order valence-corrected chi connectivity index (χ4v) is 2.38. The molecule has 0 bridgehead atoms. The number of Topliss-reactive ketones (excluding diaryl/α,β-unsaturated/α-hetero) is 1. The molecule has 4 amide bonds. The van der Waals surface area contributed by atoms with Crippen molar-refractivity contribution < 1.29 is 19.2 Å². The molecule has 1 fully saturated rings. The van der Waals surface area contributed by atoms with Gasteiger partial charge in [0.15, 0.2) is 11.7 Å². The van der Waals surface area contributed by atoms with Crippen LogP contribution in [0.3, 0.4) is 0 Å². The molecule has 1 aliphatic rings. The number of carbonyl (C=O) groups is 4. The number of imide groups is 2. The third-order valence-corrected chi connectivity index (χ3v) is 3.57. The highest BCUT2D eigenvalue weighted by atomic mass is 16.2. The van der Waals surface area contributed by atoms with Gasteiger partial charge in [0.25, 0.3) is 11.8 Å². The smallest absolute Gasteiger partial charge is 0.299 e. The van der Waals surface area contributed by atoms with Crippen LogP contribution >= 0.6 is 0 Å². The first kappa shape index (κ1) is 17.1. The molecule has 1 aliphatic heterocycles. The normalized spacial score (nSPS) is 18.2. The summed E-state index contributed by atoms with van der Waals surface area (Å²) < 4.78 is 0. The van der Waals surface area contributed by atoms with Gasteiger partial charge in [0.1, 0.15) is 0 Å². The van der Waals surface area contributed by atoms with Crippen molar-refractivity contribution in [1.29, 1.82) is 5.26 Å². The summed E-state index contributed by atoms with van der Waals surface area (Å²) in [4.78, 5) is 50.9. The molecule has 1 atom stereocenters. The number of hydrogen-bond donors (Lipinski definition) is 0. The molecule has 0 aliphatic carbocycles. The first-order valence-electron chi connectivity index (χ1n) is 7.23. The van der Waals surface area contributed by atoms with Crippen LogP contribution in [0.25, 0.3) is 0 Å². The Kier molecular flexibility index (Phi) is 4.90. The summed E-state index contributed by atoms with van der Waals surface area (Å²) in [5.41, 5.74) is 0.401. The number of rotatable bonds is 4. The summed E-state index contributed by atoms with van der Waals surface area (Å²) >= 11 is 0. The number of benzene rings is 1. The Morgan fingerprint density at radius 1 is 1.29 bits per heavy atom. The number of amides is 4. The molecule has 1 aromatic carbocycles. The molecule has 1 unspecified atom stereocenters. The maximum Gasteiger partial charge on any atom is 0.338 e. The van der Waals surface area contributed by atoms with Gasteiger partial charge in [-0.1, -0.05) is 18.2 Å². The fourth-order valence-electron chi connectivity index (χ4n) is 2.38. The van der Waals surface area contributed by atoms with Gasteiger partial charge in [-0.05, 0) is 32.0 Å². The maximum atomic E-state index is 12.6. The molecule has 0 radical (unpaired) electrons. The van der Waals surface area contributed by atoms with Crippen LogP contribution in [0.1, 0.15) is 19.4 Å². The number of urea groups is 1. The molecule has 7 heteroatoms. The van der Waals surface area contributed by atoms with E-state index in [1.54, 1.807) is 19.1 Å². The van der Waals surface area contributed by atoms with Gasteiger partial charge in [-0.25, -0.2) is 9.69 Å². The molecule has 0 aromatic heterocycles. The van der Waals surface area contributed by atoms with E-state index in [2.05, 4.69) is 0 Å². The van der Waals surface area contributed by atoms with Crippen molar-refractivity contribution in [1.82, 2.24) is 4.90 Å². The largest absolute Gasteiger partial charge is 0.338 e. The van der Waals surface area contributed by atoms with Crippen LogP contribution in [-0.4, -0.2) is 35.1 Å². The summed E-state index contributed by atoms with van der Waals surface area (Å²) in [5.74, 6) is -3.92. The van der Waals surface area contributed by atoms with Crippen molar-refractivity contribution in [3.05, 3.63) is 42.0 Å². The highest BCUT2D eigenvalue weighted by Crippen LogP contribution is 2.26. The van der Waals surface area contributed by atoms with E-state index in [1.165, 1.54) is 24.3 Å². The molecule has 1 heterocycles. The first-order valence-corrected chi connectivity index (χ1v) is 7.23. The molecule has 24 heavy (non-hydrogen) atoms. The lowest BCUT2D eigenvalue weighted by Crippen LogP contribution is -2.61. The second-order valence-corrected chi connectivity index (χ2v) is 5.18. The lowest BCUT2D eigenvalue weighted by atomic mass is 9.98. The highest BCUT2D eigenvalue weighted by molar-refractivity contribution is 6.34. The molecule has 1 aromatic rings. The van der Waals surface area contributed by atoms with Gasteiger partial charge in [-0.2, -0.15) is 5.26 Å². The van der Waals surface area contributed by atoms with E-state index in [0.717, 1.165) is 16.7 Å². The predicted molar refractivity (Wildman–Crippen MR) is 84.7 cm³/mol. The SMILES string of the molecule is CC=CCN1C(=O)C(C(C)=O)C(=O)N(c2cccc(C#N)c2)C1=O. The van der Waals surface area contributed by atoms with Crippen LogP contribution in [0.2, 0.25) is 0 Å². The van der Waals surface area contributed by atoms with E-state index in [1.807, 2.05) is 6.07 Å².